The van der Waals surface area contributed by atoms with Crippen molar-refractivity contribution in [2.75, 3.05) is 26.4 Å². The van der Waals surface area contributed by atoms with Crippen LogP contribution in [-0.4, -0.2) is 26.4 Å². The molecule has 0 N–H and O–H groups in total. The van der Waals surface area contributed by atoms with Crippen LogP contribution in [0.1, 0.15) is 75.6 Å². The van der Waals surface area contributed by atoms with E-state index in [4.69, 9.17) is 18.9 Å². The molecule has 5 heteroatoms. The molecule has 0 aliphatic carbocycles. The Morgan fingerprint density at radius 2 is 0.533 bits per heavy atom. The number of ether oxygens (including phenoxy) is 4. The first-order chi connectivity index (χ1) is 22.1. The van der Waals surface area contributed by atoms with Crippen LogP contribution >= 0.6 is 0 Å². The van der Waals surface area contributed by atoms with E-state index in [-0.39, 0.29) is 0 Å². The van der Waals surface area contributed by atoms with E-state index in [0.717, 1.165) is 74.9 Å². The fourth-order valence-corrected chi connectivity index (χ4v) is 5.49. The second-order valence-electron chi connectivity index (χ2n) is 11.5. The molecule has 0 radical (unpaired) electrons. The minimum Gasteiger partial charge on any atom is -0.377 e. The van der Waals surface area contributed by atoms with Crippen LogP contribution in [0.15, 0.2) is 97.1 Å². The summed E-state index contributed by atoms with van der Waals surface area (Å²) >= 11 is 0. The van der Waals surface area contributed by atoms with Gasteiger partial charge in [-0.15, -0.1) is 0 Å². The third kappa shape index (κ3) is 9.35. The highest BCUT2D eigenvalue weighted by Gasteiger charge is 2.39. The Kier molecular flexibility index (Phi) is 14.3. The smallest absolute Gasteiger partial charge is 0.148 e. The van der Waals surface area contributed by atoms with Gasteiger partial charge in [0.05, 0.1) is 26.4 Å². The zero-order valence-electron chi connectivity index (χ0n) is 27.8. The lowest BCUT2D eigenvalue weighted by Gasteiger charge is -2.37. The van der Waals surface area contributed by atoms with Crippen LogP contribution in [0, 0.1) is 0 Å². The van der Waals surface area contributed by atoms with E-state index in [0.29, 0.717) is 30.9 Å². The van der Waals surface area contributed by atoms with E-state index < -0.39 is 0 Å². The number of hydrogen-bond acceptors (Lipinski definition) is 4. The summed E-state index contributed by atoms with van der Waals surface area (Å²) in [5.74, 6) is 0. The fraction of sp³-hybridized carbons (Fsp3) is 0.400. The maximum Gasteiger partial charge on any atom is 0.148 e. The summed E-state index contributed by atoms with van der Waals surface area (Å²) in [5.41, 5.74) is 9.26. The molecule has 4 aromatic carbocycles. The summed E-state index contributed by atoms with van der Waals surface area (Å²) in [7, 11) is 0. The summed E-state index contributed by atoms with van der Waals surface area (Å²) < 4.78 is 23.9. The van der Waals surface area contributed by atoms with E-state index in [1.54, 1.807) is 0 Å². The molecule has 240 valence electrons. The molecule has 0 aliphatic heterocycles. The van der Waals surface area contributed by atoms with Crippen LogP contribution in [-0.2, 0) is 45.4 Å². The van der Waals surface area contributed by atoms with Gasteiger partial charge in [0.1, 0.15) is 22.7 Å². The van der Waals surface area contributed by atoms with Gasteiger partial charge in [-0.1, -0.05) is 76.2 Å². The lowest BCUT2D eigenvalue weighted by Crippen LogP contribution is -2.33. The maximum atomic E-state index is 5.87. The molecule has 0 aliphatic rings. The van der Waals surface area contributed by atoms with E-state index in [1.165, 1.54) is 22.3 Å². The Balaban J connectivity index is 1.84. The quantitative estimate of drug-likeness (QED) is 0.0737. The highest BCUT2D eigenvalue weighted by Crippen LogP contribution is 2.51. The number of rotatable bonds is 20. The van der Waals surface area contributed by atoms with Crippen LogP contribution in [0.5, 0.6) is 0 Å². The Bertz CT molecular complexity index is 1150. The largest absolute Gasteiger partial charge is 0.377 e. The molecule has 0 spiro atoms. The first-order valence-electron chi connectivity index (χ1n) is 16.7. The lowest BCUT2D eigenvalue weighted by atomic mass is 10.0. The van der Waals surface area contributed by atoms with Crippen LogP contribution in [0.3, 0.4) is 0 Å². The maximum absolute atomic E-state index is 5.87. The van der Waals surface area contributed by atoms with Crippen molar-refractivity contribution in [2.24, 2.45) is 0 Å². The van der Waals surface area contributed by atoms with Gasteiger partial charge in [0.15, 0.2) is 0 Å². The zero-order chi connectivity index (χ0) is 31.7. The zero-order valence-corrected chi connectivity index (χ0v) is 27.8. The van der Waals surface area contributed by atoms with Crippen molar-refractivity contribution in [1.29, 1.82) is 0 Å². The topological polar surface area (TPSA) is 36.9 Å². The third-order valence-corrected chi connectivity index (χ3v) is 7.76. The summed E-state index contributed by atoms with van der Waals surface area (Å²) in [6.45, 7) is 14.0. The molecule has 0 saturated heterocycles. The molecule has 4 rings (SSSR count). The van der Waals surface area contributed by atoms with Crippen molar-refractivity contribution in [1.82, 2.24) is 4.48 Å². The molecule has 4 aromatic rings. The highest BCUT2D eigenvalue weighted by molar-refractivity contribution is 5.81. The van der Waals surface area contributed by atoms with Gasteiger partial charge in [-0.05, 0) is 47.9 Å². The molecule has 0 aromatic heterocycles. The van der Waals surface area contributed by atoms with Crippen molar-refractivity contribution >= 4 is 22.7 Å². The second-order valence-corrected chi connectivity index (χ2v) is 11.5. The fourth-order valence-electron chi connectivity index (χ4n) is 5.49. The van der Waals surface area contributed by atoms with Crippen molar-refractivity contribution in [3.05, 3.63) is 119 Å². The monoisotopic (exact) mass is 610 g/mol. The number of nitrogens with zero attached hydrogens (tertiary/aromatic N) is 1. The highest BCUT2D eigenvalue weighted by atomic mass is 16.5. The van der Waals surface area contributed by atoms with Gasteiger partial charge < -0.3 is 18.9 Å². The van der Waals surface area contributed by atoms with Gasteiger partial charge in [0.25, 0.3) is 0 Å². The third-order valence-electron chi connectivity index (χ3n) is 7.76. The SMILES string of the molecule is CCCOCc1ccc([N+](c2ccc(COCCC)cc2)(c2ccc(COCCC)cc2)c2ccc(COCCC)cc2)cc1. The van der Waals surface area contributed by atoms with E-state index in [9.17, 15) is 0 Å². The molecule has 0 saturated carbocycles. The van der Waals surface area contributed by atoms with E-state index in [2.05, 4.69) is 125 Å². The summed E-state index contributed by atoms with van der Waals surface area (Å²) in [6.07, 6.45) is 4.04. The average Bonchev–Trinajstić information content (AvgIpc) is 3.08. The van der Waals surface area contributed by atoms with Gasteiger partial charge in [0.2, 0.25) is 0 Å². The predicted molar refractivity (Wildman–Crippen MR) is 186 cm³/mol. The van der Waals surface area contributed by atoms with Crippen LogP contribution in [0.2, 0.25) is 0 Å². The first kappa shape index (κ1) is 34.6. The Morgan fingerprint density at radius 3 is 0.711 bits per heavy atom. The normalized spacial score (nSPS) is 11.6. The summed E-state index contributed by atoms with van der Waals surface area (Å²) in [4.78, 5) is 0. The summed E-state index contributed by atoms with van der Waals surface area (Å²) in [6, 6.07) is 35.6. The minimum absolute atomic E-state index is 0.429. The average molecular weight is 611 g/mol. The van der Waals surface area contributed by atoms with Gasteiger partial charge in [-0.2, -0.15) is 4.48 Å². The van der Waals surface area contributed by atoms with Crippen molar-refractivity contribution in [3.63, 3.8) is 0 Å². The molecule has 0 bridgehead atoms. The molecule has 5 nitrogen and oxygen atoms in total. The van der Waals surface area contributed by atoms with Crippen molar-refractivity contribution < 1.29 is 18.9 Å². The van der Waals surface area contributed by atoms with Gasteiger partial charge >= 0.3 is 0 Å². The van der Waals surface area contributed by atoms with Gasteiger partial charge in [-0.3, -0.25) is 0 Å². The van der Waals surface area contributed by atoms with Gasteiger partial charge in [-0.25, -0.2) is 0 Å². The Morgan fingerprint density at radius 1 is 0.333 bits per heavy atom. The van der Waals surface area contributed by atoms with E-state index >= 15 is 0 Å². The molecule has 0 heterocycles. The van der Waals surface area contributed by atoms with Crippen LogP contribution < -0.4 is 4.48 Å². The Labute approximate surface area is 271 Å². The molecule has 0 fully saturated rings. The molecule has 0 unspecified atom stereocenters. The van der Waals surface area contributed by atoms with E-state index in [1.807, 2.05) is 0 Å². The number of quaternary nitrogens is 1. The van der Waals surface area contributed by atoms with Crippen LogP contribution in [0.4, 0.5) is 22.7 Å². The van der Waals surface area contributed by atoms with Crippen molar-refractivity contribution in [3.8, 4) is 0 Å². The molecular formula is C40H52NO4+. The standard InChI is InChI=1S/C40H52NO4/c1-5-25-42-29-33-9-17-37(18-10-33)41(38-19-11-34(12-20-38)30-43-26-6-2,39-21-13-35(14-22-39)31-44-27-7-3)40-23-15-36(16-24-40)32-45-28-8-4/h9-24H,5-8,25-32H2,1-4H3/q+1. The molecular weight excluding hydrogens is 558 g/mol. The molecule has 0 amide bonds. The second kappa shape index (κ2) is 18.6. The van der Waals surface area contributed by atoms with Crippen LogP contribution in [0.25, 0.3) is 0 Å². The Hall–Kier alpha value is -3.32. The number of benzene rings is 4. The molecule has 0 atom stereocenters. The molecule has 45 heavy (non-hydrogen) atoms. The predicted octanol–water partition coefficient (Wildman–Crippen LogP) is 10.7. The summed E-state index contributed by atoms with van der Waals surface area (Å²) in [5, 5.41) is 0. The van der Waals surface area contributed by atoms with Crippen molar-refractivity contribution in [2.45, 2.75) is 79.8 Å². The number of hydrogen-bond donors (Lipinski definition) is 0. The minimum atomic E-state index is 0.429. The first-order valence-corrected chi connectivity index (χ1v) is 16.7. The van der Waals surface area contributed by atoms with Gasteiger partial charge in [0, 0.05) is 75.0 Å². The lowest BCUT2D eigenvalue weighted by molar-refractivity contribution is 0.121.